The smallest absolute Gasteiger partial charge is 0.0971 e. The first-order valence-electron chi connectivity index (χ1n) is 9.14. The Bertz CT molecular complexity index is 700. The molecule has 0 amide bonds. The first-order valence-corrected chi connectivity index (χ1v) is 9.14. The van der Waals surface area contributed by atoms with E-state index in [0.717, 1.165) is 37.3 Å². The van der Waals surface area contributed by atoms with Crippen LogP contribution in [0.3, 0.4) is 0 Å². The minimum Gasteiger partial charge on any atom is -0.390 e. The van der Waals surface area contributed by atoms with Crippen molar-refractivity contribution >= 4 is 0 Å². The predicted molar refractivity (Wildman–Crippen MR) is 94.3 cm³/mol. The Kier molecular flexibility index (Phi) is 4.58. The summed E-state index contributed by atoms with van der Waals surface area (Å²) < 4.78 is 5.67. The average molecular weight is 342 g/mol. The van der Waals surface area contributed by atoms with Crippen molar-refractivity contribution in [2.75, 3.05) is 19.8 Å². The van der Waals surface area contributed by atoms with Crippen molar-refractivity contribution in [3.63, 3.8) is 0 Å². The summed E-state index contributed by atoms with van der Waals surface area (Å²) in [5.74, 6) is 0.160. The second-order valence-corrected chi connectivity index (χ2v) is 7.43. The molecule has 0 aliphatic carbocycles. The predicted octanol–water partition coefficient (Wildman–Crippen LogP) is 2.02. The number of hydrogen-bond donors (Lipinski definition) is 1. The van der Waals surface area contributed by atoms with Crippen molar-refractivity contribution in [3.8, 4) is 5.69 Å². The maximum atomic E-state index is 10.8. The Hall–Kier alpha value is -1.76. The lowest BCUT2D eigenvalue weighted by atomic mass is 9.79. The maximum absolute atomic E-state index is 10.8. The summed E-state index contributed by atoms with van der Waals surface area (Å²) in [6.07, 6.45) is 4.82. The SMILES string of the molecule is C[C@]1(O)CCOC[C@@H]1[C@@H]1CCCN1Cc1cnn(-c2ccccc2)n1. The monoisotopic (exact) mass is 342 g/mol. The number of para-hydroxylation sites is 1. The quantitative estimate of drug-likeness (QED) is 0.921. The molecule has 0 bridgehead atoms. The molecule has 134 valence electrons. The van der Waals surface area contributed by atoms with Crippen molar-refractivity contribution in [1.82, 2.24) is 19.9 Å². The third kappa shape index (κ3) is 3.47. The van der Waals surface area contributed by atoms with Gasteiger partial charge in [-0.05, 0) is 44.9 Å². The molecule has 25 heavy (non-hydrogen) atoms. The van der Waals surface area contributed by atoms with Crippen LogP contribution in [-0.4, -0.2) is 56.4 Å². The second-order valence-electron chi connectivity index (χ2n) is 7.43. The van der Waals surface area contributed by atoms with Crippen LogP contribution < -0.4 is 0 Å². The van der Waals surface area contributed by atoms with Crippen LogP contribution in [0.1, 0.15) is 31.9 Å². The molecule has 3 heterocycles. The number of nitrogens with zero attached hydrogens (tertiary/aromatic N) is 4. The minimum atomic E-state index is -0.646. The summed E-state index contributed by atoms with van der Waals surface area (Å²) in [6, 6.07) is 10.3. The van der Waals surface area contributed by atoms with Gasteiger partial charge in [-0.25, -0.2) is 0 Å². The lowest BCUT2D eigenvalue weighted by molar-refractivity contribution is -0.123. The summed E-state index contributed by atoms with van der Waals surface area (Å²) in [7, 11) is 0. The maximum Gasteiger partial charge on any atom is 0.0971 e. The van der Waals surface area contributed by atoms with Crippen molar-refractivity contribution in [2.24, 2.45) is 5.92 Å². The van der Waals surface area contributed by atoms with Gasteiger partial charge in [-0.2, -0.15) is 15.0 Å². The molecule has 3 atom stereocenters. The van der Waals surface area contributed by atoms with Gasteiger partial charge in [0.2, 0.25) is 0 Å². The Labute approximate surface area is 148 Å². The molecule has 0 saturated carbocycles. The lowest BCUT2D eigenvalue weighted by Gasteiger charge is -2.43. The van der Waals surface area contributed by atoms with Crippen LogP contribution in [0.15, 0.2) is 36.5 Å². The number of ether oxygens (including phenoxy) is 1. The molecular formula is C19H26N4O2. The van der Waals surface area contributed by atoms with Crippen molar-refractivity contribution in [3.05, 3.63) is 42.2 Å². The van der Waals surface area contributed by atoms with Gasteiger partial charge in [-0.15, -0.1) is 0 Å². The van der Waals surface area contributed by atoms with E-state index in [1.807, 2.05) is 43.5 Å². The fraction of sp³-hybridized carbons (Fsp3) is 0.579. The van der Waals surface area contributed by atoms with Crippen LogP contribution >= 0.6 is 0 Å². The van der Waals surface area contributed by atoms with E-state index < -0.39 is 5.60 Å². The largest absolute Gasteiger partial charge is 0.390 e. The summed E-state index contributed by atoms with van der Waals surface area (Å²) in [4.78, 5) is 4.12. The van der Waals surface area contributed by atoms with Gasteiger partial charge in [0.1, 0.15) is 0 Å². The van der Waals surface area contributed by atoms with E-state index in [9.17, 15) is 5.11 Å². The third-order valence-electron chi connectivity index (χ3n) is 5.62. The Balaban J connectivity index is 1.48. The molecular weight excluding hydrogens is 316 g/mol. The van der Waals surface area contributed by atoms with Crippen LogP contribution in [0, 0.1) is 5.92 Å². The highest BCUT2D eigenvalue weighted by molar-refractivity contribution is 5.28. The molecule has 2 aromatic rings. The van der Waals surface area contributed by atoms with E-state index >= 15 is 0 Å². The molecule has 1 aromatic carbocycles. The zero-order valence-electron chi connectivity index (χ0n) is 14.7. The zero-order chi connectivity index (χ0) is 17.3. The number of aliphatic hydroxyl groups is 1. The fourth-order valence-corrected chi connectivity index (χ4v) is 4.14. The van der Waals surface area contributed by atoms with Gasteiger partial charge in [0.05, 0.1) is 29.8 Å². The van der Waals surface area contributed by atoms with E-state index in [2.05, 4.69) is 15.1 Å². The van der Waals surface area contributed by atoms with Crippen molar-refractivity contribution < 1.29 is 9.84 Å². The standard InChI is InChI=1S/C19H26N4O2/c1-19(24)9-11-25-14-17(19)18-8-5-10-22(18)13-15-12-20-23(21-15)16-6-3-2-4-7-16/h2-4,6-7,12,17-18,24H,5,8-11,13-14H2,1H3/t17-,18+,19+/m1/s1. The van der Waals surface area contributed by atoms with Crippen LogP contribution in [-0.2, 0) is 11.3 Å². The zero-order valence-corrected chi connectivity index (χ0v) is 14.7. The molecule has 0 radical (unpaired) electrons. The van der Waals surface area contributed by atoms with Gasteiger partial charge in [0.15, 0.2) is 0 Å². The molecule has 4 rings (SSSR count). The number of likely N-dealkylation sites (tertiary alicyclic amines) is 1. The van der Waals surface area contributed by atoms with E-state index in [-0.39, 0.29) is 5.92 Å². The van der Waals surface area contributed by atoms with Crippen molar-refractivity contribution in [1.29, 1.82) is 0 Å². The summed E-state index contributed by atoms with van der Waals surface area (Å²) in [6.45, 7) is 5.06. The van der Waals surface area contributed by atoms with E-state index in [0.29, 0.717) is 25.7 Å². The van der Waals surface area contributed by atoms with Crippen molar-refractivity contribution in [2.45, 2.75) is 44.4 Å². The molecule has 1 N–H and O–H groups in total. The summed E-state index contributed by atoms with van der Waals surface area (Å²) in [5.41, 5.74) is 1.29. The normalized spacial score (nSPS) is 30.6. The van der Waals surface area contributed by atoms with Gasteiger partial charge in [-0.3, -0.25) is 4.90 Å². The highest BCUT2D eigenvalue weighted by Crippen LogP contribution is 2.36. The molecule has 2 aliphatic heterocycles. The van der Waals surface area contributed by atoms with Gasteiger partial charge in [0, 0.05) is 25.1 Å². The Morgan fingerprint density at radius 2 is 2.16 bits per heavy atom. The number of rotatable bonds is 4. The Morgan fingerprint density at radius 3 is 2.96 bits per heavy atom. The molecule has 6 nitrogen and oxygen atoms in total. The topological polar surface area (TPSA) is 63.4 Å². The van der Waals surface area contributed by atoms with Crippen LogP contribution in [0.2, 0.25) is 0 Å². The van der Waals surface area contributed by atoms with Crippen LogP contribution in [0.25, 0.3) is 5.69 Å². The second kappa shape index (κ2) is 6.86. The highest BCUT2D eigenvalue weighted by Gasteiger charge is 2.44. The van der Waals surface area contributed by atoms with Gasteiger partial charge in [-0.1, -0.05) is 18.2 Å². The van der Waals surface area contributed by atoms with Gasteiger partial charge < -0.3 is 9.84 Å². The average Bonchev–Trinajstić information content (AvgIpc) is 3.25. The molecule has 2 saturated heterocycles. The van der Waals surface area contributed by atoms with Gasteiger partial charge >= 0.3 is 0 Å². The van der Waals surface area contributed by atoms with Crippen LogP contribution in [0.5, 0.6) is 0 Å². The van der Waals surface area contributed by atoms with Gasteiger partial charge in [0.25, 0.3) is 0 Å². The molecule has 1 aromatic heterocycles. The molecule has 0 spiro atoms. The number of hydrogen-bond acceptors (Lipinski definition) is 5. The lowest BCUT2D eigenvalue weighted by Crippen LogP contribution is -2.52. The fourth-order valence-electron chi connectivity index (χ4n) is 4.14. The van der Waals surface area contributed by atoms with E-state index in [4.69, 9.17) is 4.74 Å². The van der Waals surface area contributed by atoms with Crippen LogP contribution in [0.4, 0.5) is 0 Å². The molecule has 2 aliphatic rings. The minimum absolute atomic E-state index is 0.160. The summed E-state index contributed by atoms with van der Waals surface area (Å²) in [5, 5.41) is 19.8. The Morgan fingerprint density at radius 1 is 1.32 bits per heavy atom. The third-order valence-corrected chi connectivity index (χ3v) is 5.62. The van der Waals surface area contributed by atoms with E-state index in [1.54, 1.807) is 4.80 Å². The first-order chi connectivity index (χ1) is 12.1. The molecule has 6 heteroatoms. The highest BCUT2D eigenvalue weighted by atomic mass is 16.5. The molecule has 2 fully saturated rings. The van der Waals surface area contributed by atoms with E-state index in [1.165, 1.54) is 0 Å². The first kappa shape index (κ1) is 16.7. The number of benzene rings is 1. The molecule has 0 unspecified atom stereocenters. The summed E-state index contributed by atoms with van der Waals surface area (Å²) >= 11 is 0. The number of aromatic nitrogens is 3.